The second kappa shape index (κ2) is 9.10. The van der Waals surface area contributed by atoms with Crippen LogP contribution in [0.25, 0.3) is 0 Å². The third kappa shape index (κ3) is 5.04. The van der Waals surface area contributed by atoms with Crippen molar-refractivity contribution < 1.29 is 14.3 Å². The number of ether oxygens (including phenoxy) is 1. The van der Waals surface area contributed by atoms with Gasteiger partial charge >= 0.3 is 0 Å². The Hall–Kier alpha value is -2.54. The van der Waals surface area contributed by atoms with E-state index in [1.807, 2.05) is 50.4 Å². The molecule has 3 rings (SSSR count). The molecule has 28 heavy (non-hydrogen) atoms. The van der Waals surface area contributed by atoms with Crippen LogP contribution in [-0.4, -0.2) is 35.7 Å². The largest absolute Gasteiger partial charge is 0.475 e. The molecule has 7 heteroatoms. The van der Waals surface area contributed by atoms with Gasteiger partial charge in [-0.3, -0.25) is 9.59 Å². The number of nitrogens with zero attached hydrogens (tertiary/aromatic N) is 2. The standard InChI is InChI=1S/C21H25N3O3S/c1-14(2)27-19-9-4-15(11-22-19)12-23-21(26)16-10-20(25)24(13-16)17-5-7-18(28-3)8-6-17/h4-9,11,14,16H,10,12-13H2,1-3H3,(H,23,26). The summed E-state index contributed by atoms with van der Waals surface area (Å²) in [6.45, 7) is 4.67. The molecule has 6 nitrogen and oxygen atoms in total. The SMILES string of the molecule is CSc1ccc(N2CC(C(=O)NCc3ccc(OC(C)C)nc3)CC2=O)cc1. The van der Waals surface area contributed by atoms with Gasteiger partial charge in [-0.05, 0) is 49.9 Å². The number of amides is 2. The quantitative estimate of drug-likeness (QED) is 0.724. The van der Waals surface area contributed by atoms with Gasteiger partial charge in [-0.1, -0.05) is 6.07 Å². The predicted molar refractivity (Wildman–Crippen MR) is 111 cm³/mol. The zero-order valence-corrected chi connectivity index (χ0v) is 17.2. The zero-order chi connectivity index (χ0) is 20.1. The number of pyridine rings is 1. The van der Waals surface area contributed by atoms with E-state index < -0.39 is 0 Å². The van der Waals surface area contributed by atoms with E-state index >= 15 is 0 Å². The topological polar surface area (TPSA) is 71.5 Å². The molecule has 1 aliphatic rings. The summed E-state index contributed by atoms with van der Waals surface area (Å²) in [6, 6.07) is 11.5. The van der Waals surface area contributed by atoms with Crippen molar-refractivity contribution in [3.8, 4) is 5.88 Å². The smallest absolute Gasteiger partial charge is 0.227 e. The Labute approximate surface area is 169 Å². The van der Waals surface area contributed by atoms with E-state index in [1.165, 1.54) is 0 Å². The van der Waals surface area contributed by atoms with Crippen LogP contribution >= 0.6 is 11.8 Å². The van der Waals surface area contributed by atoms with Crippen LogP contribution in [0.1, 0.15) is 25.8 Å². The third-order valence-electron chi connectivity index (χ3n) is 4.50. The summed E-state index contributed by atoms with van der Waals surface area (Å²) in [4.78, 5) is 31.9. The summed E-state index contributed by atoms with van der Waals surface area (Å²) >= 11 is 1.65. The fourth-order valence-electron chi connectivity index (χ4n) is 3.06. The van der Waals surface area contributed by atoms with Gasteiger partial charge in [0.05, 0.1) is 12.0 Å². The Morgan fingerprint density at radius 3 is 2.64 bits per heavy atom. The average Bonchev–Trinajstić information content (AvgIpc) is 3.08. The normalized spacial score (nSPS) is 16.5. The van der Waals surface area contributed by atoms with Gasteiger partial charge in [-0.15, -0.1) is 11.8 Å². The minimum absolute atomic E-state index is 0.0195. The third-order valence-corrected chi connectivity index (χ3v) is 5.24. The van der Waals surface area contributed by atoms with Crippen LogP contribution in [0, 0.1) is 5.92 Å². The lowest BCUT2D eigenvalue weighted by atomic mass is 10.1. The second-order valence-corrected chi connectivity index (χ2v) is 7.87. The van der Waals surface area contributed by atoms with Crippen LogP contribution < -0.4 is 15.0 Å². The first-order valence-corrected chi connectivity index (χ1v) is 10.5. The number of hydrogen-bond acceptors (Lipinski definition) is 5. The second-order valence-electron chi connectivity index (χ2n) is 6.99. The van der Waals surface area contributed by atoms with Crippen LogP contribution in [0.15, 0.2) is 47.5 Å². The molecule has 2 heterocycles. The number of rotatable bonds is 7. The molecule has 1 aliphatic heterocycles. The van der Waals surface area contributed by atoms with Crippen molar-refractivity contribution in [1.82, 2.24) is 10.3 Å². The molecule has 1 saturated heterocycles. The van der Waals surface area contributed by atoms with Gasteiger partial charge in [0.1, 0.15) is 0 Å². The van der Waals surface area contributed by atoms with Crippen molar-refractivity contribution in [2.45, 2.75) is 37.8 Å². The Morgan fingerprint density at radius 1 is 1.29 bits per heavy atom. The minimum Gasteiger partial charge on any atom is -0.475 e. The van der Waals surface area contributed by atoms with Gasteiger partial charge in [-0.2, -0.15) is 0 Å². The first-order chi connectivity index (χ1) is 13.5. The van der Waals surface area contributed by atoms with Gasteiger partial charge in [0, 0.05) is 42.4 Å². The highest BCUT2D eigenvalue weighted by molar-refractivity contribution is 7.98. The van der Waals surface area contributed by atoms with E-state index in [2.05, 4.69) is 10.3 Å². The Kier molecular flexibility index (Phi) is 6.57. The maximum absolute atomic E-state index is 12.5. The zero-order valence-electron chi connectivity index (χ0n) is 16.3. The number of hydrogen-bond donors (Lipinski definition) is 1. The van der Waals surface area contributed by atoms with Crippen molar-refractivity contribution >= 4 is 29.3 Å². The lowest BCUT2D eigenvalue weighted by molar-refractivity contribution is -0.126. The van der Waals surface area contributed by atoms with Gasteiger partial charge in [0.25, 0.3) is 0 Å². The first-order valence-electron chi connectivity index (χ1n) is 9.30. The lowest BCUT2D eigenvalue weighted by Gasteiger charge is -2.17. The van der Waals surface area contributed by atoms with E-state index in [0.29, 0.717) is 19.0 Å². The molecule has 0 bridgehead atoms. The summed E-state index contributed by atoms with van der Waals surface area (Å²) in [6.07, 6.45) is 4.00. The molecule has 0 radical (unpaired) electrons. The van der Waals surface area contributed by atoms with Crippen molar-refractivity contribution in [3.05, 3.63) is 48.2 Å². The van der Waals surface area contributed by atoms with E-state index in [4.69, 9.17) is 4.74 Å². The Morgan fingerprint density at radius 2 is 2.04 bits per heavy atom. The lowest BCUT2D eigenvalue weighted by Crippen LogP contribution is -2.32. The number of thioether (sulfide) groups is 1. The monoisotopic (exact) mass is 399 g/mol. The summed E-state index contributed by atoms with van der Waals surface area (Å²) in [7, 11) is 0. The summed E-state index contributed by atoms with van der Waals surface area (Å²) < 4.78 is 5.51. The van der Waals surface area contributed by atoms with Gasteiger partial charge in [0.15, 0.2) is 0 Å². The number of nitrogens with one attached hydrogen (secondary N) is 1. The fraction of sp³-hybridized carbons (Fsp3) is 0.381. The van der Waals surface area contributed by atoms with Crippen LogP contribution in [0.5, 0.6) is 5.88 Å². The first kappa shape index (κ1) is 20.2. The predicted octanol–water partition coefficient (Wildman–Crippen LogP) is 3.26. The molecular formula is C21H25N3O3S. The molecule has 1 aromatic heterocycles. The number of carbonyl (C=O) groups excluding carboxylic acids is 2. The molecule has 1 atom stereocenters. The number of carbonyl (C=O) groups is 2. The fourth-order valence-corrected chi connectivity index (χ4v) is 3.46. The summed E-state index contributed by atoms with van der Waals surface area (Å²) in [5.41, 5.74) is 1.72. The van der Waals surface area contributed by atoms with Gasteiger partial charge < -0.3 is 15.0 Å². The minimum atomic E-state index is -0.343. The van der Waals surface area contributed by atoms with E-state index in [1.54, 1.807) is 28.9 Å². The van der Waals surface area contributed by atoms with Crippen LogP contribution in [0.4, 0.5) is 5.69 Å². The maximum Gasteiger partial charge on any atom is 0.227 e. The molecule has 0 spiro atoms. The summed E-state index contributed by atoms with van der Waals surface area (Å²) in [5.74, 6) is 0.0897. The molecule has 0 aliphatic carbocycles. The molecule has 148 valence electrons. The van der Waals surface area contributed by atoms with Gasteiger partial charge in [0.2, 0.25) is 17.7 Å². The molecule has 1 fully saturated rings. The highest BCUT2D eigenvalue weighted by Crippen LogP contribution is 2.27. The van der Waals surface area contributed by atoms with Crippen LogP contribution in [0.3, 0.4) is 0 Å². The summed E-state index contributed by atoms with van der Waals surface area (Å²) in [5, 5.41) is 2.91. The van der Waals surface area contributed by atoms with Crippen molar-refractivity contribution in [1.29, 1.82) is 0 Å². The molecule has 1 N–H and O–H groups in total. The van der Waals surface area contributed by atoms with Gasteiger partial charge in [-0.25, -0.2) is 4.98 Å². The molecule has 2 amide bonds. The molecule has 1 aromatic carbocycles. The van der Waals surface area contributed by atoms with Crippen LogP contribution in [0.2, 0.25) is 0 Å². The molecular weight excluding hydrogens is 374 g/mol. The Bertz CT molecular complexity index is 822. The number of anilines is 1. The maximum atomic E-state index is 12.5. The molecule has 0 saturated carbocycles. The van der Waals surface area contributed by atoms with Crippen molar-refractivity contribution in [3.63, 3.8) is 0 Å². The van der Waals surface area contributed by atoms with Crippen molar-refractivity contribution in [2.75, 3.05) is 17.7 Å². The van der Waals surface area contributed by atoms with E-state index in [-0.39, 0.29) is 30.3 Å². The van der Waals surface area contributed by atoms with E-state index in [0.717, 1.165) is 16.1 Å². The highest BCUT2D eigenvalue weighted by Gasteiger charge is 2.34. The number of aromatic nitrogens is 1. The Balaban J connectivity index is 1.54. The number of benzene rings is 1. The molecule has 1 unspecified atom stereocenters. The molecule has 2 aromatic rings. The highest BCUT2D eigenvalue weighted by atomic mass is 32.2. The van der Waals surface area contributed by atoms with Crippen molar-refractivity contribution in [2.24, 2.45) is 5.92 Å². The van der Waals surface area contributed by atoms with E-state index in [9.17, 15) is 9.59 Å². The average molecular weight is 400 g/mol. The van der Waals surface area contributed by atoms with Crippen LogP contribution in [-0.2, 0) is 16.1 Å².